The van der Waals surface area contributed by atoms with Gasteiger partial charge in [-0.25, -0.2) is 4.39 Å². The van der Waals surface area contributed by atoms with Crippen LogP contribution < -0.4 is 11.1 Å². The first-order valence-electron chi connectivity index (χ1n) is 6.03. The molecular weight excluding hydrogens is 231 g/mol. The molecule has 3 nitrogen and oxygen atoms in total. The second-order valence-corrected chi connectivity index (χ2v) is 5.63. The summed E-state index contributed by atoms with van der Waals surface area (Å²) in [7, 11) is 0. The molecule has 1 rings (SSSR count). The molecule has 0 aromatic heterocycles. The third-order valence-corrected chi connectivity index (χ3v) is 2.92. The van der Waals surface area contributed by atoms with Gasteiger partial charge in [0.1, 0.15) is 5.82 Å². The van der Waals surface area contributed by atoms with E-state index in [4.69, 9.17) is 5.73 Å². The summed E-state index contributed by atoms with van der Waals surface area (Å²) in [5, 5.41) is 2.80. The van der Waals surface area contributed by atoms with E-state index >= 15 is 0 Å². The van der Waals surface area contributed by atoms with E-state index in [2.05, 4.69) is 5.32 Å². The molecule has 1 amide bonds. The second kappa shape index (κ2) is 5.48. The van der Waals surface area contributed by atoms with Gasteiger partial charge in [0.15, 0.2) is 0 Å². The van der Waals surface area contributed by atoms with Crippen molar-refractivity contribution in [2.24, 2.45) is 11.1 Å². The van der Waals surface area contributed by atoms with Crippen molar-refractivity contribution < 1.29 is 9.18 Å². The molecular formula is C14H21FN2O. The summed E-state index contributed by atoms with van der Waals surface area (Å²) in [6.45, 7) is 7.53. The third kappa shape index (κ3) is 3.81. The number of carbonyl (C=O) groups is 1. The number of carbonyl (C=O) groups excluding carboxylic acids is 1. The smallest absolute Gasteiger partial charge is 0.237 e. The molecule has 0 radical (unpaired) electrons. The normalized spacial score (nSPS) is 15.0. The zero-order valence-corrected chi connectivity index (χ0v) is 11.3. The minimum Gasteiger partial charge on any atom is -0.348 e. The molecule has 0 unspecified atom stereocenters. The Morgan fingerprint density at radius 3 is 2.50 bits per heavy atom. The highest BCUT2D eigenvalue weighted by Gasteiger charge is 2.28. The van der Waals surface area contributed by atoms with Gasteiger partial charge >= 0.3 is 0 Å². The van der Waals surface area contributed by atoms with Gasteiger partial charge < -0.3 is 11.1 Å². The molecule has 0 saturated heterocycles. The maximum atomic E-state index is 13.1. The Morgan fingerprint density at radius 2 is 2.00 bits per heavy atom. The van der Waals surface area contributed by atoms with E-state index in [1.807, 2.05) is 27.7 Å². The lowest BCUT2D eigenvalue weighted by molar-refractivity contribution is -0.125. The molecule has 4 heteroatoms. The van der Waals surface area contributed by atoms with Crippen molar-refractivity contribution in [3.63, 3.8) is 0 Å². The maximum absolute atomic E-state index is 13.1. The van der Waals surface area contributed by atoms with E-state index in [-0.39, 0.29) is 23.2 Å². The topological polar surface area (TPSA) is 55.1 Å². The lowest BCUT2D eigenvalue weighted by atomic mass is 9.86. The minimum atomic E-state index is -0.589. The van der Waals surface area contributed by atoms with Crippen molar-refractivity contribution in [2.75, 3.05) is 0 Å². The summed E-state index contributed by atoms with van der Waals surface area (Å²) >= 11 is 0. The monoisotopic (exact) mass is 252 g/mol. The van der Waals surface area contributed by atoms with Crippen LogP contribution >= 0.6 is 0 Å². The van der Waals surface area contributed by atoms with E-state index in [1.165, 1.54) is 12.1 Å². The Kier molecular flexibility index (Phi) is 4.46. The van der Waals surface area contributed by atoms with Gasteiger partial charge in [-0.1, -0.05) is 32.9 Å². The van der Waals surface area contributed by atoms with Crippen molar-refractivity contribution in [1.29, 1.82) is 0 Å². The van der Waals surface area contributed by atoms with Crippen molar-refractivity contribution >= 4 is 5.91 Å². The van der Waals surface area contributed by atoms with Crippen LogP contribution in [0.3, 0.4) is 0 Å². The number of amides is 1. The third-order valence-electron chi connectivity index (χ3n) is 2.92. The zero-order chi connectivity index (χ0) is 13.9. The van der Waals surface area contributed by atoms with E-state index < -0.39 is 6.04 Å². The molecule has 0 fully saturated rings. The fourth-order valence-electron chi connectivity index (χ4n) is 1.56. The predicted octanol–water partition coefficient (Wildman–Crippen LogP) is 2.38. The minimum absolute atomic E-state index is 0.223. The van der Waals surface area contributed by atoms with Crippen LogP contribution in [0.15, 0.2) is 24.3 Å². The molecule has 2 atom stereocenters. The van der Waals surface area contributed by atoms with Gasteiger partial charge in [0.2, 0.25) is 5.91 Å². The maximum Gasteiger partial charge on any atom is 0.237 e. The number of hydrogen-bond donors (Lipinski definition) is 2. The molecule has 1 aromatic carbocycles. The van der Waals surface area contributed by atoms with Gasteiger partial charge in [-0.05, 0) is 30.0 Å². The van der Waals surface area contributed by atoms with E-state index in [9.17, 15) is 9.18 Å². The number of rotatable bonds is 3. The van der Waals surface area contributed by atoms with Crippen molar-refractivity contribution in [2.45, 2.75) is 39.8 Å². The van der Waals surface area contributed by atoms with Crippen molar-refractivity contribution in [1.82, 2.24) is 5.32 Å². The van der Waals surface area contributed by atoms with Gasteiger partial charge in [0.05, 0.1) is 12.1 Å². The van der Waals surface area contributed by atoms with E-state index in [0.29, 0.717) is 0 Å². The lowest BCUT2D eigenvalue weighted by Gasteiger charge is -2.27. The zero-order valence-electron chi connectivity index (χ0n) is 11.3. The second-order valence-electron chi connectivity index (χ2n) is 5.63. The largest absolute Gasteiger partial charge is 0.348 e. The highest BCUT2D eigenvalue weighted by molar-refractivity contribution is 5.82. The number of nitrogens with two attached hydrogens (primary N) is 1. The Morgan fingerprint density at radius 1 is 1.39 bits per heavy atom. The first-order chi connectivity index (χ1) is 8.21. The standard InChI is InChI=1S/C14H21FN2O/c1-9(10-6-5-7-11(15)8-10)17-13(18)12(16)14(2,3)4/h5-9,12H,16H2,1-4H3,(H,17,18)/t9-,12+/m0/s1. The average molecular weight is 252 g/mol. The SMILES string of the molecule is C[C@H](NC(=O)[C@@H](N)C(C)(C)C)c1cccc(F)c1. The van der Waals surface area contributed by atoms with Crippen LogP contribution in [0.1, 0.15) is 39.3 Å². The summed E-state index contributed by atoms with van der Waals surface area (Å²) < 4.78 is 13.1. The van der Waals surface area contributed by atoms with Gasteiger partial charge in [0, 0.05) is 0 Å². The Hall–Kier alpha value is -1.42. The molecule has 0 aliphatic rings. The van der Waals surface area contributed by atoms with Gasteiger partial charge in [-0.15, -0.1) is 0 Å². The molecule has 0 aliphatic heterocycles. The van der Waals surface area contributed by atoms with Crippen LogP contribution in [-0.4, -0.2) is 11.9 Å². The number of halogens is 1. The molecule has 18 heavy (non-hydrogen) atoms. The highest BCUT2D eigenvalue weighted by atomic mass is 19.1. The number of nitrogens with one attached hydrogen (secondary N) is 1. The summed E-state index contributed by atoms with van der Waals surface area (Å²) in [5.41, 5.74) is 6.29. The molecule has 0 spiro atoms. The summed E-state index contributed by atoms with van der Waals surface area (Å²) in [5.74, 6) is -0.534. The van der Waals surface area contributed by atoms with Crippen LogP contribution in [0, 0.1) is 11.2 Å². The number of benzene rings is 1. The number of hydrogen-bond acceptors (Lipinski definition) is 2. The highest BCUT2D eigenvalue weighted by Crippen LogP contribution is 2.19. The molecule has 3 N–H and O–H groups in total. The molecule has 100 valence electrons. The molecule has 0 bridgehead atoms. The van der Waals surface area contributed by atoms with Crippen LogP contribution in [0.25, 0.3) is 0 Å². The van der Waals surface area contributed by atoms with E-state index in [0.717, 1.165) is 5.56 Å². The van der Waals surface area contributed by atoms with Crippen molar-refractivity contribution in [3.05, 3.63) is 35.6 Å². The molecule has 0 saturated carbocycles. The van der Waals surface area contributed by atoms with Crippen molar-refractivity contribution in [3.8, 4) is 0 Å². The lowest BCUT2D eigenvalue weighted by Crippen LogP contribution is -2.49. The quantitative estimate of drug-likeness (QED) is 0.867. The molecule has 1 aromatic rings. The van der Waals surface area contributed by atoms with Crippen LogP contribution in [0.5, 0.6) is 0 Å². The fourth-order valence-corrected chi connectivity index (χ4v) is 1.56. The molecule has 0 heterocycles. The average Bonchev–Trinajstić information content (AvgIpc) is 2.26. The van der Waals surface area contributed by atoms with Crippen LogP contribution in [0.2, 0.25) is 0 Å². The summed E-state index contributed by atoms with van der Waals surface area (Å²) in [6.07, 6.45) is 0. The first-order valence-corrected chi connectivity index (χ1v) is 6.03. The van der Waals surface area contributed by atoms with E-state index in [1.54, 1.807) is 12.1 Å². The van der Waals surface area contributed by atoms with Gasteiger partial charge in [0.25, 0.3) is 0 Å². The van der Waals surface area contributed by atoms with Gasteiger partial charge in [-0.2, -0.15) is 0 Å². The van der Waals surface area contributed by atoms with Gasteiger partial charge in [-0.3, -0.25) is 4.79 Å². The predicted molar refractivity (Wildman–Crippen MR) is 70.4 cm³/mol. The molecule has 0 aliphatic carbocycles. The first kappa shape index (κ1) is 14.6. The Labute approximate surface area is 108 Å². The Balaban J connectivity index is 2.71. The summed E-state index contributed by atoms with van der Waals surface area (Å²) in [4.78, 5) is 11.9. The van der Waals surface area contributed by atoms with Crippen LogP contribution in [0.4, 0.5) is 4.39 Å². The fraction of sp³-hybridized carbons (Fsp3) is 0.500. The summed E-state index contributed by atoms with van der Waals surface area (Å²) in [6, 6.07) is 5.33. The van der Waals surface area contributed by atoms with Crippen LogP contribution in [-0.2, 0) is 4.79 Å². The Bertz CT molecular complexity index is 426.